The number of aromatic nitrogens is 2. The van der Waals surface area contributed by atoms with Crippen molar-refractivity contribution in [1.82, 2.24) is 9.97 Å². The lowest BCUT2D eigenvalue weighted by Gasteiger charge is -2.06. The van der Waals surface area contributed by atoms with Gasteiger partial charge in [0.05, 0.1) is 10.2 Å². The molecule has 0 aliphatic heterocycles. The molecule has 4 heteroatoms. The molecule has 78 valence electrons. The van der Waals surface area contributed by atoms with Crippen LogP contribution in [0, 0.1) is 12.8 Å². The van der Waals surface area contributed by atoms with Crippen molar-refractivity contribution in [2.24, 2.45) is 5.92 Å². The first-order valence-corrected chi connectivity index (χ1v) is 5.86. The summed E-state index contributed by atoms with van der Waals surface area (Å²) in [5.74, 6) is 1.51. The molecule has 1 aromatic heterocycles. The SMILES string of the molecule is Cc1nc(CCC(C)C)nc(Cl)c1Br. The van der Waals surface area contributed by atoms with Crippen LogP contribution in [0.4, 0.5) is 0 Å². The fourth-order valence-electron chi connectivity index (χ4n) is 1.11. The van der Waals surface area contributed by atoms with Gasteiger partial charge in [0, 0.05) is 6.42 Å². The number of nitrogens with zero attached hydrogens (tertiary/aromatic N) is 2. The second-order valence-corrected chi connectivity index (χ2v) is 4.91. The summed E-state index contributed by atoms with van der Waals surface area (Å²) in [6.07, 6.45) is 1.99. The summed E-state index contributed by atoms with van der Waals surface area (Å²) >= 11 is 9.27. The summed E-state index contributed by atoms with van der Waals surface area (Å²) in [6, 6.07) is 0. The van der Waals surface area contributed by atoms with Gasteiger partial charge in [0.1, 0.15) is 11.0 Å². The van der Waals surface area contributed by atoms with Crippen molar-refractivity contribution < 1.29 is 0 Å². The molecule has 0 fully saturated rings. The predicted molar refractivity (Wildman–Crippen MR) is 62.6 cm³/mol. The number of hydrogen-bond donors (Lipinski definition) is 0. The van der Waals surface area contributed by atoms with Gasteiger partial charge < -0.3 is 0 Å². The largest absolute Gasteiger partial charge is 0.237 e. The van der Waals surface area contributed by atoms with E-state index in [0.29, 0.717) is 11.1 Å². The molecule has 0 saturated heterocycles. The van der Waals surface area contributed by atoms with E-state index in [1.807, 2.05) is 6.92 Å². The molecule has 0 N–H and O–H groups in total. The molecule has 14 heavy (non-hydrogen) atoms. The van der Waals surface area contributed by atoms with Gasteiger partial charge in [0.2, 0.25) is 0 Å². The Hall–Kier alpha value is -0.150. The predicted octanol–water partition coefficient (Wildman–Crippen LogP) is 3.79. The van der Waals surface area contributed by atoms with E-state index in [1.165, 1.54) is 0 Å². The van der Waals surface area contributed by atoms with Crippen LogP contribution < -0.4 is 0 Å². The molecular formula is C10H14BrClN2. The van der Waals surface area contributed by atoms with Crippen LogP contribution in [0.3, 0.4) is 0 Å². The zero-order valence-electron chi connectivity index (χ0n) is 8.64. The Balaban J connectivity index is 2.79. The van der Waals surface area contributed by atoms with Crippen molar-refractivity contribution in [3.05, 3.63) is 21.1 Å². The smallest absolute Gasteiger partial charge is 0.147 e. The minimum Gasteiger partial charge on any atom is -0.237 e. The Bertz CT molecular complexity index is 303. The first-order valence-electron chi connectivity index (χ1n) is 4.69. The molecule has 0 radical (unpaired) electrons. The Morgan fingerprint density at radius 3 is 2.50 bits per heavy atom. The quantitative estimate of drug-likeness (QED) is 0.786. The van der Waals surface area contributed by atoms with Crippen LogP contribution in [0.25, 0.3) is 0 Å². The maximum atomic E-state index is 5.94. The van der Waals surface area contributed by atoms with Gasteiger partial charge in [-0.15, -0.1) is 0 Å². The van der Waals surface area contributed by atoms with Gasteiger partial charge in [-0.05, 0) is 35.2 Å². The normalized spacial score (nSPS) is 11.0. The lowest BCUT2D eigenvalue weighted by Crippen LogP contribution is -2.01. The Kier molecular flexibility index (Phi) is 4.32. The number of halogens is 2. The molecule has 0 amide bonds. The number of hydrogen-bond acceptors (Lipinski definition) is 2. The van der Waals surface area contributed by atoms with E-state index >= 15 is 0 Å². The van der Waals surface area contributed by atoms with Crippen LogP contribution in [-0.4, -0.2) is 9.97 Å². The molecule has 0 aromatic carbocycles. The van der Waals surface area contributed by atoms with Crippen LogP contribution in [-0.2, 0) is 6.42 Å². The van der Waals surface area contributed by atoms with E-state index in [0.717, 1.165) is 28.8 Å². The summed E-state index contributed by atoms with van der Waals surface area (Å²) in [6.45, 7) is 6.30. The molecule has 1 heterocycles. The number of aryl methyl sites for hydroxylation is 2. The van der Waals surface area contributed by atoms with E-state index in [2.05, 4.69) is 39.7 Å². The van der Waals surface area contributed by atoms with Gasteiger partial charge in [-0.3, -0.25) is 0 Å². The summed E-state index contributed by atoms with van der Waals surface area (Å²) in [7, 11) is 0. The molecule has 2 nitrogen and oxygen atoms in total. The molecule has 0 saturated carbocycles. The Morgan fingerprint density at radius 1 is 1.36 bits per heavy atom. The van der Waals surface area contributed by atoms with Gasteiger partial charge >= 0.3 is 0 Å². The molecular weight excluding hydrogens is 263 g/mol. The highest BCUT2D eigenvalue weighted by Gasteiger charge is 2.07. The summed E-state index contributed by atoms with van der Waals surface area (Å²) in [4.78, 5) is 8.58. The second kappa shape index (κ2) is 5.08. The highest BCUT2D eigenvalue weighted by Crippen LogP contribution is 2.23. The van der Waals surface area contributed by atoms with Gasteiger partial charge in [-0.2, -0.15) is 0 Å². The van der Waals surface area contributed by atoms with Gasteiger partial charge in [0.25, 0.3) is 0 Å². The molecule has 0 bridgehead atoms. The van der Waals surface area contributed by atoms with Gasteiger partial charge in [-0.25, -0.2) is 9.97 Å². The molecule has 0 spiro atoms. The molecule has 0 unspecified atom stereocenters. The molecule has 0 aliphatic rings. The van der Waals surface area contributed by atoms with Crippen LogP contribution in [0.2, 0.25) is 5.15 Å². The van der Waals surface area contributed by atoms with Crippen LogP contribution in [0.15, 0.2) is 4.47 Å². The topological polar surface area (TPSA) is 25.8 Å². The van der Waals surface area contributed by atoms with Crippen molar-refractivity contribution >= 4 is 27.5 Å². The Morgan fingerprint density at radius 2 is 2.00 bits per heavy atom. The molecule has 0 atom stereocenters. The fourth-order valence-corrected chi connectivity index (χ4v) is 1.52. The molecule has 1 rings (SSSR count). The average molecular weight is 278 g/mol. The average Bonchev–Trinajstić information content (AvgIpc) is 2.10. The first-order chi connectivity index (χ1) is 6.50. The van der Waals surface area contributed by atoms with Gasteiger partial charge in [0.15, 0.2) is 0 Å². The van der Waals surface area contributed by atoms with E-state index in [9.17, 15) is 0 Å². The standard InChI is InChI=1S/C10H14BrClN2/c1-6(2)4-5-8-13-7(3)9(11)10(12)14-8/h6H,4-5H2,1-3H3. The molecule has 0 aliphatic carbocycles. The van der Waals surface area contributed by atoms with Gasteiger partial charge in [-0.1, -0.05) is 25.4 Å². The second-order valence-electron chi connectivity index (χ2n) is 3.76. The van der Waals surface area contributed by atoms with Crippen LogP contribution >= 0.6 is 27.5 Å². The fraction of sp³-hybridized carbons (Fsp3) is 0.600. The van der Waals surface area contributed by atoms with E-state index in [4.69, 9.17) is 11.6 Å². The minimum absolute atomic E-state index is 0.510. The highest BCUT2D eigenvalue weighted by atomic mass is 79.9. The zero-order chi connectivity index (χ0) is 10.7. The zero-order valence-corrected chi connectivity index (χ0v) is 11.0. The first kappa shape index (κ1) is 11.9. The molecule has 1 aromatic rings. The van der Waals surface area contributed by atoms with Crippen molar-refractivity contribution in [3.63, 3.8) is 0 Å². The summed E-state index contributed by atoms with van der Waals surface area (Å²) in [5.41, 5.74) is 0.906. The van der Waals surface area contributed by atoms with E-state index in [1.54, 1.807) is 0 Å². The summed E-state index contributed by atoms with van der Waals surface area (Å²) < 4.78 is 0.799. The lowest BCUT2D eigenvalue weighted by atomic mass is 10.1. The maximum Gasteiger partial charge on any atom is 0.147 e. The van der Waals surface area contributed by atoms with E-state index < -0.39 is 0 Å². The van der Waals surface area contributed by atoms with Crippen molar-refractivity contribution in [3.8, 4) is 0 Å². The third kappa shape index (κ3) is 3.21. The van der Waals surface area contributed by atoms with Crippen LogP contribution in [0.1, 0.15) is 31.8 Å². The highest BCUT2D eigenvalue weighted by molar-refractivity contribution is 9.10. The van der Waals surface area contributed by atoms with Crippen LogP contribution in [0.5, 0.6) is 0 Å². The monoisotopic (exact) mass is 276 g/mol. The maximum absolute atomic E-state index is 5.94. The van der Waals surface area contributed by atoms with E-state index in [-0.39, 0.29) is 0 Å². The van der Waals surface area contributed by atoms with Crippen molar-refractivity contribution in [2.75, 3.05) is 0 Å². The third-order valence-electron chi connectivity index (χ3n) is 1.97. The number of rotatable bonds is 3. The van der Waals surface area contributed by atoms with Crippen molar-refractivity contribution in [1.29, 1.82) is 0 Å². The van der Waals surface area contributed by atoms with Crippen molar-refractivity contribution in [2.45, 2.75) is 33.6 Å². The minimum atomic E-state index is 0.510. The summed E-state index contributed by atoms with van der Waals surface area (Å²) in [5, 5.41) is 0.510. The lowest BCUT2D eigenvalue weighted by molar-refractivity contribution is 0.573. The third-order valence-corrected chi connectivity index (χ3v) is 3.42. The Labute approximate surface area is 98.2 Å².